The third-order valence-electron chi connectivity index (χ3n) is 3.06. The van der Waals surface area contributed by atoms with Gasteiger partial charge in [-0.15, -0.1) is 0 Å². The second-order valence-electron chi connectivity index (χ2n) is 4.33. The van der Waals surface area contributed by atoms with Gasteiger partial charge in [0.1, 0.15) is 0 Å². The molecular weight excluding hydrogens is 272 g/mol. The van der Waals surface area contributed by atoms with Crippen molar-refractivity contribution in [2.75, 3.05) is 12.9 Å². The predicted octanol–water partition coefficient (Wildman–Crippen LogP) is 3.39. The molecule has 0 spiro atoms. The molecule has 1 atom stereocenters. The van der Waals surface area contributed by atoms with E-state index in [4.69, 9.17) is 4.74 Å². The van der Waals surface area contributed by atoms with Crippen LogP contribution >= 0.6 is 11.8 Å². The van der Waals surface area contributed by atoms with Gasteiger partial charge < -0.3 is 9.30 Å². The van der Waals surface area contributed by atoms with E-state index in [-0.39, 0.29) is 12.0 Å². The van der Waals surface area contributed by atoms with Gasteiger partial charge in [0.15, 0.2) is 10.9 Å². The van der Waals surface area contributed by atoms with E-state index in [0.717, 1.165) is 5.16 Å². The number of carbonyl (C=O) groups is 1. The Morgan fingerprint density at radius 2 is 2.10 bits per heavy atom. The van der Waals surface area contributed by atoms with E-state index in [0.29, 0.717) is 12.3 Å². The molecule has 20 heavy (non-hydrogen) atoms. The number of imidazole rings is 1. The smallest absolute Gasteiger partial charge is 0.358 e. The van der Waals surface area contributed by atoms with Gasteiger partial charge in [-0.05, 0) is 25.7 Å². The lowest BCUT2D eigenvalue weighted by Crippen LogP contribution is -2.07. The first-order chi connectivity index (χ1) is 9.67. The van der Waals surface area contributed by atoms with E-state index in [1.807, 2.05) is 29.0 Å². The SMILES string of the molecule is CCOC(=O)c1cn(C(C)c2ccccc2)c(SC)n1. The summed E-state index contributed by atoms with van der Waals surface area (Å²) >= 11 is 1.52. The number of thioether (sulfide) groups is 1. The zero-order chi connectivity index (χ0) is 14.5. The quantitative estimate of drug-likeness (QED) is 0.625. The first-order valence-electron chi connectivity index (χ1n) is 6.52. The standard InChI is InChI=1S/C15H18N2O2S/c1-4-19-14(18)13-10-17(15(16-13)20-3)11(2)12-8-6-5-7-9-12/h5-11H,4H2,1-3H3. The number of nitrogens with zero attached hydrogens (tertiary/aromatic N) is 2. The van der Waals surface area contributed by atoms with Gasteiger partial charge in [0.05, 0.1) is 12.6 Å². The zero-order valence-electron chi connectivity index (χ0n) is 11.9. The molecule has 2 aromatic rings. The lowest BCUT2D eigenvalue weighted by atomic mass is 10.1. The van der Waals surface area contributed by atoms with Crippen LogP contribution in [0.3, 0.4) is 0 Å². The Labute approximate surface area is 123 Å². The number of benzene rings is 1. The van der Waals surface area contributed by atoms with Crippen LogP contribution in [-0.4, -0.2) is 28.4 Å². The summed E-state index contributed by atoms with van der Waals surface area (Å²) in [5.41, 5.74) is 1.54. The molecule has 1 aromatic heterocycles. The highest BCUT2D eigenvalue weighted by atomic mass is 32.2. The third kappa shape index (κ3) is 3.04. The summed E-state index contributed by atoms with van der Waals surface area (Å²) in [5, 5.41) is 0.810. The third-order valence-corrected chi connectivity index (χ3v) is 3.73. The number of ether oxygens (including phenoxy) is 1. The summed E-state index contributed by atoms with van der Waals surface area (Å²) in [6.07, 6.45) is 3.72. The predicted molar refractivity (Wildman–Crippen MR) is 80.2 cm³/mol. The van der Waals surface area contributed by atoms with Crippen molar-refractivity contribution in [3.05, 3.63) is 47.8 Å². The molecule has 0 aliphatic carbocycles. The van der Waals surface area contributed by atoms with E-state index in [2.05, 4.69) is 24.0 Å². The van der Waals surface area contributed by atoms with E-state index in [9.17, 15) is 4.79 Å². The Bertz CT molecular complexity index is 581. The average molecular weight is 290 g/mol. The summed E-state index contributed by atoms with van der Waals surface area (Å²) in [6.45, 7) is 4.23. The highest BCUT2D eigenvalue weighted by molar-refractivity contribution is 7.98. The lowest BCUT2D eigenvalue weighted by molar-refractivity contribution is 0.0519. The van der Waals surface area contributed by atoms with Crippen molar-refractivity contribution in [1.29, 1.82) is 0 Å². The molecule has 0 amide bonds. The fraction of sp³-hybridized carbons (Fsp3) is 0.333. The van der Waals surface area contributed by atoms with Crippen LogP contribution in [0.2, 0.25) is 0 Å². The number of rotatable bonds is 5. The van der Waals surface area contributed by atoms with Gasteiger partial charge in [-0.3, -0.25) is 0 Å². The van der Waals surface area contributed by atoms with Crippen molar-refractivity contribution in [2.45, 2.75) is 25.0 Å². The van der Waals surface area contributed by atoms with E-state index >= 15 is 0 Å². The monoisotopic (exact) mass is 290 g/mol. The van der Waals surface area contributed by atoms with Crippen LogP contribution in [-0.2, 0) is 4.74 Å². The maximum Gasteiger partial charge on any atom is 0.358 e. The second-order valence-corrected chi connectivity index (χ2v) is 5.10. The summed E-state index contributed by atoms with van der Waals surface area (Å²) in [4.78, 5) is 16.1. The summed E-state index contributed by atoms with van der Waals surface area (Å²) in [5.74, 6) is -0.373. The molecule has 0 aliphatic rings. The number of esters is 1. The fourth-order valence-corrected chi connectivity index (χ4v) is 2.61. The van der Waals surface area contributed by atoms with E-state index < -0.39 is 0 Å². The highest BCUT2D eigenvalue weighted by Gasteiger charge is 2.18. The molecule has 4 nitrogen and oxygen atoms in total. The van der Waals surface area contributed by atoms with Gasteiger partial charge in [0, 0.05) is 6.20 Å². The Morgan fingerprint density at radius 3 is 2.70 bits per heavy atom. The Kier molecular flexibility index (Phi) is 4.84. The normalized spacial score (nSPS) is 12.2. The number of aromatic nitrogens is 2. The molecule has 0 radical (unpaired) electrons. The minimum Gasteiger partial charge on any atom is -0.461 e. The number of hydrogen-bond donors (Lipinski definition) is 0. The van der Waals surface area contributed by atoms with Crippen molar-refractivity contribution < 1.29 is 9.53 Å². The first kappa shape index (κ1) is 14.7. The Balaban J connectivity index is 2.33. The van der Waals surface area contributed by atoms with Crippen LogP contribution in [0.15, 0.2) is 41.7 Å². The molecule has 2 rings (SSSR count). The maximum atomic E-state index is 11.8. The largest absolute Gasteiger partial charge is 0.461 e. The molecule has 0 bridgehead atoms. The van der Waals surface area contributed by atoms with Crippen LogP contribution < -0.4 is 0 Å². The van der Waals surface area contributed by atoms with Crippen molar-refractivity contribution in [3.8, 4) is 0 Å². The van der Waals surface area contributed by atoms with Gasteiger partial charge in [-0.1, -0.05) is 42.1 Å². The van der Waals surface area contributed by atoms with Crippen LogP contribution in [0.1, 0.15) is 35.9 Å². The van der Waals surface area contributed by atoms with Crippen LogP contribution in [0.4, 0.5) is 0 Å². The van der Waals surface area contributed by atoms with Gasteiger partial charge in [-0.2, -0.15) is 0 Å². The maximum absolute atomic E-state index is 11.8. The molecule has 106 valence electrons. The highest BCUT2D eigenvalue weighted by Crippen LogP contribution is 2.25. The molecule has 1 aromatic carbocycles. The van der Waals surface area contributed by atoms with Crippen LogP contribution in [0, 0.1) is 0 Å². The van der Waals surface area contributed by atoms with Crippen LogP contribution in [0.25, 0.3) is 0 Å². The molecule has 0 fully saturated rings. The molecule has 0 aliphatic heterocycles. The fourth-order valence-electron chi connectivity index (χ4n) is 2.00. The number of carbonyl (C=O) groups excluding carboxylic acids is 1. The first-order valence-corrected chi connectivity index (χ1v) is 7.74. The molecular formula is C15H18N2O2S. The molecule has 0 saturated carbocycles. The molecule has 1 heterocycles. The van der Waals surface area contributed by atoms with Crippen molar-refractivity contribution in [2.24, 2.45) is 0 Å². The van der Waals surface area contributed by atoms with Crippen molar-refractivity contribution in [3.63, 3.8) is 0 Å². The van der Waals surface area contributed by atoms with Gasteiger partial charge >= 0.3 is 5.97 Å². The van der Waals surface area contributed by atoms with Crippen LogP contribution in [0.5, 0.6) is 0 Å². The Hall–Kier alpha value is -1.75. The summed E-state index contributed by atoms with van der Waals surface area (Å²) < 4.78 is 7.01. The van der Waals surface area contributed by atoms with Crippen molar-refractivity contribution >= 4 is 17.7 Å². The van der Waals surface area contributed by atoms with Gasteiger partial charge in [0.25, 0.3) is 0 Å². The van der Waals surface area contributed by atoms with E-state index in [1.165, 1.54) is 17.3 Å². The Morgan fingerprint density at radius 1 is 1.40 bits per heavy atom. The number of hydrogen-bond acceptors (Lipinski definition) is 4. The topological polar surface area (TPSA) is 44.1 Å². The average Bonchev–Trinajstić information content (AvgIpc) is 2.92. The lowest BCUT2D eigenvalue weighted by Gasteiger charge is -2.15. The molecule has 1 unspecified atom stereocenters. The molecule has 0 N–H and O–H groups in total. The van der Waals surface area contributed by atoms with Gasteiger partial charge in [-0.25, -0.2) is 9.78 Å². The summed E-state index contributed by atoms with van der Waals surface area (Å²) in [7, 11) is 0. The molecule has 5 heteroatoms. The zero-order valence-corrected chi connectivity index (χ0v) is 12.7. The molecule has 0 saturated heterocycles. The van der Waals surface area contributed by atoms with Crippen molar-refractivity contribution in [1.82, 2.24) is 9.55 Å². The van der Waals surface area contributed by atoms with E-state index in [1.54, 1.807) is 13.1 Å². The van der Waals surface area contributed by atoms with Gasteiger partial charge in [0.2, 0.25) is 0 Å². The summed E-state index contributed by atoms with van der Waals surface area (Å²) in [6, 6.07) is 10.3. The second kappa shape index (κ2) is 6.61. The minimum absolute atomic E-state index is 0.120. The minimum atomic E-state index is -0.373.